The molecule has 4 atom stereocenters. The molecule has 2 aliphatic rings. The Morgan fingerprint density at radius 1 is 1.08 bits per heavy atom. The molecule has 0 spiro atoms. The normalized spacial score (nSPS) is 22.1. The molecule has 2 aliphatic heterocycles. The molecule has 2 aromatic heterocycles. The first-order chi connectivity index (χ1) is 18.3. The van der Waals surface area contributed by atoms with Gasteiger partial charge in [-0.15, -0.1) is 0 Å². The van der Waals surface area contributed by atoms with Crippen molar-refractivity contribution < 1.29 is 22.8 Å². The standard InChI is InChI=1S/C26H33F2N7O3/c1-15(17-6-8-34(9-7-17)26-32-24(33-38-26)16(2)36-3)37-19-11-30-25(31-12-19)35-13-21(23(29)14-35)20-10-18(27)4-5-22(20)28/h4-5,10-12,15-17,21,23H,6-9,13-14,29H2,1-3H3/t15-,16-,21+,23-/m0/s1. The summed E-state index contributed by atoms with van der Waals surface area (Å²) in [5.74, 6) is 0.663. The average Bonchev–Trinajstić information content (AvgIpc) is 3.57. The van der Waals surface area contributed by atoms with Crippen LogP contribution in [0.15, 0.2) is 35.1 Å². The number of anilines is 2. The Bertz CT molecular complexity index is 1220. The first kappa shape index (κ1) is 26.2. The fraction of sp³-hybridized carbons (Fsp3) is 0.538. The molecule has 5 rings (SSSR count). The fourth-order valence-corrected chi connectivity index (χ4v) is 5.15. The van der Waals surface area contributed by atoms with Gasteiger partial charge in [-0.1, -0.05) is 5.16 Å². The lowest BCUT2D eigenvalue weighted by molar-refractivity contribution is 0.109. The molecule has 0 radical (unpaired) electrons. The largest absolute Gasteiger partial charge is 0.487 e. The van der Waals surface area contributed by atoms with Gasteiger partial charge in [-0.05, 0) is 56.4 Å². The third kappa shape index (κ3) is 5.56. The predicted molar refractivity (Wildman–Crippen MR) is 136 cm³/mol. The number of halogens is 2. The Morgan fingerprint density at radius 2 is 1.82 bits per heavy atom. The third-order valence-corrected chi connectivity index (χ3v) is 7.56. The van der Waals surface area contributed by atoms with E-state index in [2.05, 4.69) is 31.9 Å². The van der Waals surface area contributed by atoms with Crippen molar-refractivity contribution in [3.05, 3.63) is 53.6 Å². The summed E-state index contributed by atoms with van der Waals surface area (Å²) in [6, 6.07) is 3.62. The maximum absolute atomic E-state index is 14.3. The minimum absolute atomic E-state index is 0.0288. The second kappa shape index (κ2) is 11.2. The van der Waals surface area contributed by atoms with Gasteiger partial charge in [0.05, 0.1) is 18.5 Å². The van der Waals surface area contributed by atoms with Crippen LogP contribution < -0.4 is 20.3 Å². The molecule has 204 valence electrons. The van der Waals surface area contributed by atoms with Crippen molar-refractivity contribution >= 4 is 12.0 Å². The highest BCUT2D eigenvalue weighted by molar-refractivity contribution is 5.39. The summed E-state index contributed by atoms with van der Waals surface area (Å²) in [6.45, 7) is 6.36. The minimum atomic E-state index is -0.481. The van der Waals surface area contributed by atoms with Gasteiger partial charge in [0.1, 0.15) is 17.7 Å². The van der Waals surface area contributed by atoms with E-state index in [0.29, 0.717) is 42.5 Å². The summed E-state index contributed by atoms with van der Waals surface area (Å²) in [4.78, 5) is 17.3. The summed E-state index contributed by atoms with van der Waals surface area (Å²) in [5, 5.41) is 4.01. The van der Waals surface area contributed by atoms with Crippen LogP contribution in [-0.4, -0.2) is 65.5 Å². The maximum Gasteiger partial charge on any atom is 0.324 e. The predicted octanol–water partition coefficient (Wildman–Crippen LogP) is 3.46. The molecule has 2 saturated heterocycles. The molecule has 12 heteroatoms. The van der Waals surface area contributed by atoms with Crippen LogP contribution in [0.3, 0.4) is 0 Å². The molecule has 38 heavy (non-hydrogen) atoms. The summed E-state index contributed by atoms with van der Waals surface area (Å²) in [7, 11) is 1.61. The molecule has 2 fully saturated rings. The van der Waals surface area contributed by atoms with Crippen LogP contribution in [0, 0.1) is 17.6 Å². The van der Waals surface area contributed by atoms with Crippen LogP contribution in [0.5, 0.6) is 5.75 Å². The lowest BCUT2D eigenvalue weighted by atomic mass is 9.92. The molecular weight excluding hydrogens is 496 g/mol. The number of nitrogens with two attached hydrogens (primary N) is 1. The highest BCUT2D eigenvalue weighted by Crippen LogP contribution is 2.32. The number of rotatable bonds is 8. The highest BCUT2D eigenvalue weighted by atomic mass is 19.1. The van der Waals surface area contributed by atoms with Crippen LogP contribution >= 0.6 is 0 Å². The van der Waals surface area contributed by atoms with Crippen LogP contribution in [-0.2, 0) is 4.74 Å². The van der Waals surface area contributed by atoms with Crippen molar-refractivity contribution in [3.8, 4) is 5.75 Å². The summed E-state index contributed by atoms with van der Waals surface area (Å²) in [5.41, 5.74) is 6.55. The fourth-order valence-electron chi connectivity index (χ4n) is 5.15. The van der Waals surface area contributed by atoms with Crippen molar-refractivity contribution in [2.24, 2.45) is 11.7 Å². The van der Waals surface area contributed by atoms with Gasteiger partial charge < -0.3 is 29.5 Å². The smallest absolute Gasteiger partial charge is 0.324 e. The maximum atomic E-state index is 14.3. The number of benzene rings is 1. The molecule has 4 heterocycles. The van der Waals surface area contributed by atoms with Gasteiger partial charge >= 0.3 is 6.01 Å². The van der Waals surface area contributed by atoms with E-state index in [1.54, 1.807) is 19.5 Å². The molecule has 2 N–H and O–H groups in total. The van der Waals surface area contributed by atoms with Gasteiger partial charge in [0, 0.05) is 45.2 Å². The Morgan fingerprint density at radius 3 is 2.53 bits per heavy atom. The molecule has 0 amide bonds. The van der Waals surface area contributed by atoms with Gasteiger partial charge in [0.25, 0.3) is 0 Å². The molecule has 0 saturated carbocycles. The van der Waals surface area contributed by atoms with E-state index in [1.807, 2.05) is 11.8 Å². The topological polar surface area (TPSA) is 116 Å². The second-order valence-electron chi connectivity index (χ2n) is 10.0. The summed E-state index contributed by atoms with van der Waals surface area (Å²) < 4.78 is 44.8. The number of hydrogen-bond acceptors (Lipinski definition) is 10. The molecule has 0 aliphatic carbocycles. The third-order valence-electron chi connectivity index (χ3n) is 7.56. The molecule has 1 aromatic carbocycles. The van der Waals surface area contributed by atoms with E-state index in [-0.39, 0.29) is 29.7 Å². The van der Waals surface area contributed by atoms with Gasteiger partial charge in [-0.3, -0.25) is 0 Å². The van der Waals surface area contributed by atoms with Crippen LogP contribution in [0.2, 0.25) is 0 Å². The Labute approximate surface area is 220 Å². The quantitative estimate of drug-likeness (QED) is 0.465. The Kier molecular flexibility index (Phi) is 7.70. The number of aromatic nitrogens is 4. The van der Waals surface area contributed by atoms with Crippen molar-refractivity contribution in [3.63, 3.8) is 0 Å². The number of nitrogens with zero attached hydrogens (tertiary/aromatic N) is 6. The van der Waals surface area contributed by atoms with Crippen molar-refractivity contribution in [1.29, 1.82) is 0 Å². The zero-order valence-corrected chi connectivity index (χ0v) is 21.8. The molecule has 0 unspecified atom stereocenters. The van der Waals surface area contributed by atoms with Crippen LogP contribution in [0.1, 0.15) is 50.1 Å². The Balaban J connectivity index is 1.14. The second-order valence-corrected chi connectivity index (χ2v) is 10.0. The number of hydrogen-bond donors (Lipinski definition) is 1. The summed E-state index contributed by atoms with van der Waals surface area (Å²) in [6.07, 6.45) is 4.88. The average molecular weight is 530 g/mol. The Hall–Kier alpha value is -3.38. The highest BCUT2D eigenvalue weighted by Gasteiger charge is 2.34. The van der Waals surface area contributed by atoms with E-state index in [1.165, 1.54) is 6.07 Å². The van der Waals surface area contributed by atoms with E-state index < -0.39 is 11.6 Å². The van der Waals surface area contributed by atoms with E-state index in [0.717, 1.165) is 38.1 Å². The SMILES string of the molecule is CO[C@@H](C)c1noc(N2CCC([C@H](C)Oc3cnc(N4C[C@H](c5cc(F)ccc5F)[C@@H](N)C4)nc3)CC2)n1. The minimum Gasteiger partial charge on any atom is -0.487 e. The number of piperidine rings is 1. The zero-order chi connectivity index (χ0) is 26.8. The van der Waals surface area contributed by atoms with E-state index in [9.17, 15) is 8.78 Å². The molecular formula is C26H33F2N7O3. The van der Waals surface area contributed by atoms with E-state index >= 15 is 0 Å². The van der Waals surface area contributed by atoms with Crippen LogP contribution in [0.4, 0.5) is 20.7 Å². The van der Waals surface area contributed by atoms with Crippen molar-refractivity contribution in [2.45, 2.75) is 50.9 Å². The first-order valence-electron chi connectivity index (χ1n) is 12.9. The zero-order valence-electron chi connectivity index (χ0n) is 21.8. The lowest BCUT2D eigenvalue weighted by Gasteiger charge is -2.33. The lowest BCUT2D eigenvalue weighted by Crippen LogP contribution is -2.38. The van der Waals surface area contributed by atoms with Gasteiger partial charge in [-0.2, -0.15) is 4.98 Å². The van der Waals surface area contributed by atoms with Gasteiger partial charge in [0.15, 0.2) is 5.75 Å². The van der Waals surface area contributed by atoms with Crippen LogP contribution in [0.25, 0.3) is 0 Å². The van der Waals surface area contributed by atoms with Crippen molar-refractivity contribution in [1.82, 2.24) is 20.1 Å². The first-order valence-corrected chi connectivity index (χ1v) is 12.9. The number of ether oxygens (including phenoxy) is 2. The molecule has 0 bridgehead atoms. The van der Waals surface area contributed by atoms with Crippen molar-refractivity contribution in [2.75, 3.05) is 43.1 Å². The van der Waals surface area contributed by atoms with E-state index in [4.69, 9.17) is 19.7 Å². The summed E-state index contributed by atoms with van der Waals surface area (Å²) >= 11 is 0. The molecule has 10 nitrogen and oxygen atoms in total. The van der Waals surface area contributed by atoms with Gasteiger partial charge in [-0.25, -0.2) is 18.7 Å². The monoisotopic (exact) mass is 529 g/mol. The van der Waals surface area contributed by atoms with Gasteiger partial charge in [0.2, 0.25) is 11.8 Å². The number of methoxy groups -OCH3 is 1. The molecule has 3 aromatic rings.